The lowest BCUT2D eigenvalue weighted by Gasteiger charge is -2.17. The number of fused-ring (bicyclic) bond motifs is 1. The minimum absolute atomic E-state index is 0.121. The summed E-state index contributed by atoms with van der Waals surface area (Å²) in [7, 11) is 1.67. The number of nitrogens with two attached hydrogens (primary N) is 1. The molecular weight excluding hydrogens is 232 g/mol. The molecule has 2 aromatic heterocycles. The number of aromatic nitrogens is 4. The summed E-state index contributed by atoms with van der Waals surface area (Å²) in [6.45, 7) is 3.07. The van der Waals surface area contributed by atoms with Gasteiger partial charge in [0.15, 0.2) is 5.82 Å². The number of anilines is 1. The van der Waals surface area contributed by atoms with Crippen molar-refractivity contribution in [3.05, 3.63) is 18.2 Å². The highest BCUT2D eigenvalue weighted by Gasteiger charge is 2.12. The first kappa shape index (κ1) is 12.7. The summed E-state index contributed by atoms with van der Waals surface area (Å²) in [6, 6.07) is 0.121. The lowest BCUT2D eigenvalue weighted by Crippen LogP contribution is -2.28. The summed E-state index contributed by atoms with van der Waals surface area (Å²) in [5.74, 6) is 1.53. The van der Waals surface area contributed by atoms with Crippen LogP contribution in [0.2, 0.25) is 0 Å². The molecule has 0 aliphatic heterocycles. The highest BCUT2D eigenvalue weighted by molar-refractivity contribution is 5.62. The zero-order valence-electron chi connectivity index (χ0n) is 10.6. The Labute approximate surface area is 105 Å². The average Bonchev–Trinajstić information content (AvgIpc) is 2.73. The first-order valence-corrected chi connectivity index (χ1v) is 5.88. The quantitative estimate of drug-likeness (QED) is 0.761. The molecule has 2 aromatic rings. The third-order valence-corrected chi connectivity index (χ3v) is 2.72. The van der Waals surface area contributed by atoms with Crippen molar-refractivity contribution in [3.63, 3.8) is 0 Å². The minimum atomic E-state index is 0.121. The van der Waals surface area contributed by atoms with E-state index in [2.05, 4.69) is 20.5 Å². The highest BCUT2D eigenvalue weighted by Crippen LogP contribution is 2.13. The summed E-state index contributed by atoms with van der Waals surface area (Å²) in [5.41, 5.74) is 6.30. The molecule has 0 aliphatic rings. The van der Waals surface area contributed by atoms with Crippen LogP contribution in [0.5, 0.6) is 0 Å². The molecule has 0 amide bonds. The van der Waals surface area contributed by atoms with Crippen molar-refractivity contribution in [2.45, 2.75) is 19.4 Å². The molecular formula is C11H18N6O. The fourth-order valence-electron chi connectivity index (χ4n) is 1.84. The van der Waals surface area contributed by atoms with Gasteiger partial charge < -0.3 is 15.8 Å². The van der Waals surface area contributed by atoms with E-state index in [0.29, 0.717) is 24.6 Å². The Bertz CT molecular complexity index is 505. The molecule has 0 aromatic carbocycles. The topological polar surface area (TPSA) is 90.4 Å². The van der Waals surface area contributed by atoms with Crippen LogP contribution < -0.4 is 11.1 Å². The Hall–Kier alpha value is -1.73. The van der Waals surface area contributed by atoms with E-state index in [1.165, 1.54) is 0 Å². The van der Waals surface area contributed by atoms with Gasteiger partial charge >= 0.3 is 0 Å². The van der Waals surface area contributed by atoms with Crippen molar-refractivity contribution in [1.82, 2.24) is 19.6 Å². The lowest BCUT2D eigenvalue weighted by molar-refractivity contribution is 0.183. The Morgan fingerprint density at radius 3 is 3.06 bits per heavy atom. The second kappa shape index (κ2) is 5.74. The second-order valence-corrected chi connectivity index (χ2v) is 4.09. The van der Waals surface area contributed by atoms with E-state index < -0.39 is 0 Å². The molecule has 2 rings (SSSR count). The van der Waals surface area contributed by atoms with Gasteiger partial charge in [-0.25, -0.2) is 4.98 Å². The summed E-state index contributed by atoms with van der Waals surface area (Å²) in [4.78, 5) is 4.29. The number of ether oxygens (including phenoxy) is 1. The number of hydrogen-bond acceptors (Lipinski definition) is 6. The summed E-state index contributed by atoms with van der Waals surface area (Å²) < 4.78 is 7.05. The third-order valence-electron chi connectivity index (χ3n) is 2.72. The van der Waals surface area contributed by atoms with E-state index in [-0.39, 0.29) is 6.04 Å². The molecule has 18 heavy (non-hydrogen) atoms. The Morgan fingerprint density at radius 1 is 1.50 bits per heavy atom. The molecule has 1 unspecified atom stereocenters. The van der Waals surface area contributed by atoms with Crippen LogP contribution in [0.15, 0.2) is 12.4 Å². The summed E-state index contributed by atoms with van der Waals surface area (Å²) in [6.07, 6.45) is 4.37. The summed E-state index contributed by atoms with van der Waals surface area (Å²) in [5, 5.41) is 11.4. The predicted molar refractivity (Wildman–Crippen MR) is 68.5 cm³/mol. The predicted octanol–water partition coefficient (Wildman–Crippen LogP) is 0.208. The van der Waals surface area contributed by atoms with Gasteiger partial charge in [-0.05, 0) is 19.9 Å². The maximum atomic E-state index is 5.58. The lowest BCUT2D eigenvalue weighted by atomic mass is 10.2. The van der Waals surface area contributed by atoms with Crippen LogP contribution in [0.1, 0.15) is 12.2 Å². The van der Waals surface area contributed by atoms with Crippen molar-refractivity contribution in [1.29, 1.82) is 0 Å². The molecule has 0 saturated heterocycles. The van der Waals surface area contributed by atoms with Crippen molar-refractivity contribution < 1.29 is 4.74 Å². The molecule has 7 heteroatoms. The van der Waals surface area contributed by atoms with Gasteiger partial charge in [0.1, 0.15) is 5.82 Å². The Morgan fingerprint density at radius 2 is 2.33 bits per heavy atom. The number of methoxy groups -OCH3 is 1. The van der Waals surface area contributed by atoms with Crippen molar-refractivity contribution in [3.8, 4) is 0 Å². The Balaban J connectivity index is 2.24. The maximum Gasteiger partial charge on any atom is 0.203 e. The van der Waals surface area contributed by atoms with Gasteiger partial charge in [-0.2, -0.15) is 0 Å². The van der Waals surface area contributed by atoms with Crippen molar-refractivity contribution in [2.75, 3.05) is 25.6 Å². The monoisotopic (exact) mass is 250 g/mol. The maximum absolute atomic E-state index is 5.58. The van der Waals surface area contributed by atoms with E-state index in [4.69, 9.17) is 10.5 Å². The standard InChI is InChI=1S/C11H18N6O/c1-8-15-16-11-10(13-5-6-17(8)11)14-9(3-4-12)7-18-2/h5-6,9H,3-4,7,12H2,1-2H3,(H,13,14). The van der Waals surface area contributed by atoms with E-state index in [9.17, 15) is 0 Å². The van der Waals surface area contributed by atoms with Crippen LogP contribution in [0.3, 0.4) is 0 Å². The average molecular weight is 250 g/mol. The van der Waals surface area contributed by atoms with Crippen LogP contribution in [0.25, 0.3) is 5.65 Å². The molecule has 7 nitrogen and oxygen atoms in total. The molecule has 98 valence electrons. The molecule has 0 aliphatic carbocycles. The first-order valence-electron chi connectivity index (χ1n) is 5.88. The van der Waals surface area contributed by atoms with Gasteiger partial charge in [0.25, 0.3) is 0 Å². The van der Waals surface area contributed by atoms with Gasteiger partial charge in [-0.3, -0.25) is 4.40 Å². The molecule has 0 bridgehead atoms. The number of aryl methyl sites for hydroxylation is 1. The molecule has 1 atom stereocenters. The zero-order valence-corrected chi connectivity index (χ0v) is 10.6. The second-order valence-electron chi connectivity index (χ2n) is 4.09. The SMILES string of the molecule is COCC(CCN)Nc1nccn2c(C)nnc12. The largest absolute Gasteiger partial charge is 0.383 e. The zero-order chi connectivity index (χ0) is 13.0. The van der Waals surface area contributed by atoms with Gasteiger partial charge in [-0.15, -0.1) is 10.2 Å². The molecule has 0 saturated carbocycles. The van der Waals surface area contributed by atoms with Crippen LogP contribution >= 0.6 is 0 Å². The number of rotatable bonds is 6. The highest BCUT2D eigenvalue weighted by atomic mass is 16.5. The first-order chi connectivity index (χ1) is 8.76. The molecule has 0 fully saturated rings. The number of hydrogen-bond donors (Lipinski definition) is 2. The molecule has 0 radical (unpaired) electrons. The van der Waals surface area contributed by atoms with Crippen LogP contribution in [0, 0.1) is 6.92 Å². The molecule has 2 heterocycles. The van der Waals surface area contributed by atoms with Gasteiger partial charge in [-0.1, -0.05) is 0 Å². The minimum Gasteiger partial charge on any atom is -0.383 e. The molecule has 3 N–H and O–H groups in total. The van der Waals surface area contributed by atoms with Crippen LogP contribution in [-0.4, -0.2) is 45.9 Å². The van der Waals surface area contributed by atoms with Crippen LogP contribution in [-0.2, 0) is 4.74 Å². The fourth-order valence-corrected chi connectivity index (χ4v) is 1.84. The Kier molecular flexibility index (Phi) is 4.06. The smallest absolute Gasteiger partial charge is 0.203 e. The van der Waals surface area contributed by atoms with E-state index in [1.807, 2.05) is 17.5 Å². The van der Waals surface area contributed by atoms with E-state index >= 15 is 0 Å². The van der Waals surface area contributed by atoms with Crippen LogP contribution in [0.4, 0.5) is 5.82 Å². The fraction of sp³-hybridized carbons (Fsp3) is 0.545. The number of nitrogens with zero attached hydrogens (tertiary/aromatic N) is 4. The third kappa shape index (κ3) is 2.57. The van der Waals surface area contributed by atoms with Gasteiger partial charge in [0.05, 0.1) is 12.6 Å². The number of nitrogens with one attached hydrogen (secondary N) is 1. The normalized spacial score (nSPS) is 12.8. The van der Waals surface area contributed by atoms with Crippen molar-refractivity contribution >= 4 is 11.5 Å². The van der Waals surface area contributed by atoms with E-state index in [0.717, 1.165) is 12.2 Å². The van der Waals surface area contributed by atoms with Gasteiger partial charge in [0.2, 0.25) is 5.65 Å². The van der Waals surface area contributed by atoms with E-state index in [1.54, 1.807) is 13.3 Å². The molecule has 0 spiro atoms. The van der Waals surface area contributed by atoms with Crippen molar-refractivity contribution in [2.24, 2.45) is 5.73 Å². The van der Waals surface area contributed by atoms with Gasteiger partial charge in [0, 0.05) is 19.5 Å². The summed E-state index contributed by atoms with van der Waals surface area (Å²) >= 11 is 0.